The Bertz CT molecular complexity index is 1750. The number of imidazole rings is 1. The molecular formula is C32H26N4O2. The minimum Gasteiger partial charge on any atom is -0.346 e. The number of anilines is 2. The molecule has 1 aliphatic heterocycles. The van der Waals surface area contributed by atoms with E-state index in [2.05, 4.69) is 15.3 Å². The van der Waals surface area contributed by atoms with Crippen LogP contribution in [0, 0.1) is 6.90 Å². The van der Waals surface area contributed by atoms with E-state index in [4.69, 9.17) is 4.11 Å². The first-order valence-electron chi connectivity index (χ1n) is 13.9. The van der Waals surface area contributed by atoms with E-state index in [9.17, 15) is 9.59 Å². The predicted molar refractivity (Wildman–Crippen MR) is 150 cm³/mol. The van der Waals surface area contributed by atoms with E-state index >= 15 is 0 Å². The molecule has 0 radical (unpaired) electrons. The number of amides is 2. The number of fused-ring (bicyclic) bond motifs is 3. The minimum atomic E-state index is -2.07. The summed E-state index contributed by atoms with van der Waals surface area (Å²) in [6.45, 7) is -2.13. The molecule has 1 aliphatic rings. The van der Waals surface area contributed by atoms with Gasteiger partial charge in [0.2, 0.25) is 0 Å². The first-order valence-corrected chi connectivity index (χ1v) is 12.2. The number of aromatic amines is 1. The average molecular weight is 502 g/mol. The smallest absolute Gasteiger partial charge is 0.258 e. The third kappa shape index (κ3) is 4.37. The van der Waals surface area contributed by atoms with Gasteiger partial charge in [0, 0.05) is 42.4 Å². The fraction of sp³-hybridized carbons (Fsp3) is 0.0938. The molecule has 0 aliphatic carbocycles. The molecule has 38 heavy (non-hydrogen) atoms. The molecule has 2 N–H and O–H groups in total. The third-order valence-corrected chi connectivity index (χ3v) is 6.49. The predicted octanol–water partition coefficient (Wildman–Crippen LogP) is 6.51. The van der Waals surface area contributed by atoms with Crippen molar-refractivity contribution in [1.82, 2.24) is 9.97 Å². The zero-order valence-corrected chi connectivity index (χ0v) is 20.4. The van der Waals surface area contributed by atoms with E-state index in [0.717, 1.165) is 11.1 Å². The number of carbonyl (C=O) groups excluding carboxylic acids is 2. The van der Waals surface area contributed by atoms with Gasteiger partial charge in [-0.15, -0.1) is 0 Å². The number of hydrogen-bond donors (Lipinski definition) is 2. The van der Waals surface area contributed by atoms with Gasteiger partial charge in [0.1, 0.15) is 5.82 Å². The number of H-pyrrole nitrogens is 1. The Morgan fingerprint density at radius 1 is 0.895 bits per heavy atom. The molecule has 186 valence electrons. The van der Waals surface area contributed by atoms with Crippen LogP contribution in [0.15, 0.2) is 103 Å². The van der Waals surface area contributed by atoms with E-state index in [1.54, 1.807) is 48.5 Å². The molecule has 0 saturated heterocycles. The highest BCUT2D eigenvalue weighted by Crippen LogP contribution is 2.36. The summed E-state index contributed by atoms with van der Waals surface area (Å²) in [7, 11) is 0. The molecule has 0 unspecified atom stereocenters. The second-order valence-corrected chi connectivity index (χ2v) is 8.95. The van der Waals surface area contributed by atoms with Crippen LogP contribution >= 0.6 is 0 Å². The lowest BCUT2D eigenvalue weighted by Gasteiger charge is -2.23. The molecule has 2 heterocycles. The summed E-state index contributed by atoms with van der Waals surface area (Å²) in [5.74, 6) is -0.341. The summed E-state index contributed by atoms with van der Waals surface area (Å²) >= 11 is 0. The fourth-order valence-electron chi connectivity index (χ4n) is 4.68. The summed E-state index contributed by atoms with van der Waals surface area (Å²) < 4.78 is 25.4. The molecule has 6 rings (SSSR count). The first-order chi connectivity index (χ1) is 19.9. The molecule has 0 bridgehead atoms. The normalized spacial score (nSPS) is 14.7. The van der Waals surface area contributed by atoms with Gasteiger partial charge in [0.15, 0.2) is 0 Å². The van der Waals surface area contributed by atoms with Gasteiger partial charge >= 0.3 is 0 Å². The van der Waals surface area contributed by atoms with Gasteiger partial charge in [-0.2, -0.15) is 0 Å². The van der Waals surface area contributed by atoms with Gasteiger partial charge in [-0.25, -0.2) is 4.98 Å². The summed E-state index contributed by atoms with van der Waals surface area (Å²) in [6, 6.07) is 30.6. The summed E-state index contributed by atoms with van der Waals surface area (Å²) in [5, 5.41) is 2.91. The molecule has 0 spiro atoms. The van der Waals surface area contributed by atoms with Crippen molar-refractivity contribution in [2.24, 2.45) is 0 Å². The zero-order valence-electron chi connectivity index (χ0n) is 23.4. The Kier molecular flexibility index (Phi) is 5.20. The van der Waals surface area contributed by atoms with Crippen molar-refractivity contribution in [2.45, 2.75) is 13.3 Å². The van der Waals surface area contributed by atoms with Crippen LogP contribution < -0.4 is 10.2 Å². The lowest BCUT2D eigenvalue weighted by Crippen LogP contribution is -2.32. The number of hydrogen-bond acceptors (Lipinski definition) is 3. The lowest BCUT2D eigenvalue weighted by atomic mass is 9.99. The van der Waals surface area contributed by atoms with Crippen molar-refractivity contribution in [3.8, 4) is 22.4 Å². The molecule has 2 amide bonds. The number of aromatic nitrogens is 2. The first kappa shape index (κ1) is 20.1. The van der Waals surface area contributed by atoms with Crippen molar-refractivity contribution in [2.75, 3.05) is 16.7 Å². The molecule has 0 saturated carbocycles. The quantitative estimate of drug-likeness (QED) is 0.295. The summed E-state index contributed by atoms with van der Waals surface area (Å²) in [5.41, 5.74) is 5.18. The van der Waals surface area contributed by atoms with Crippen molar-refractivity contribution >= 4 is 23.2 Å². The Morgan fingerprint density at radius 3 is 2.39 bits per heavy atom. The van der Waals surface area contributed by atoms with Crippen LogP contribution in [0.2, 0.25) is 0 Å². The van der Waals surface area contributed by atoms with Crippen LogP contribution in [0.25, 0.3) is 22.4 Å². The summed E-state index contributed by atoms with van der Waals surface area (Å²) in [4.78, 5) is 35.8. The highest BCUT2D eigenvalue weighted by molar-refractivity contribution is 6.10. The molecule has 0 fully saturated rings. The molecule has 4 aromatic carbocycles. The van der Waals surface area contributed by atoms with Crippen molar-refractivity contribution in [3.05, 3.63) is 126 Å². The second-order valence-electron chi connectivity index (χ2n) is 8.95. The van der Waals surface area contributed by atoms with Gasteiger partial charge in [0.05, 0.1) is 14.1 Å². The Balaban J connectivity index is 1.28. The molecular weight excluding hydrogens is 472 g/mol. The van der Waals surface area contributed by atoms with Crippen LogP contribution in [0.4, 0.5) is 11.4 Å². The van der Waals surface area contributed by atoms with Crippen LogP contribution in [0.3, 0.4) is 0 Å². The van der Waals surface area contributed by atoms with E-state index in [1.807, 2.05) is 54.6 Å². The lowest BCUT2D eigenvalue weighted by molar-refractivity contribution is 0.0986. The van der Waals surface area contributed by atoms with Gasteiger partial charge in [-0.1, -0.05) is 66.7 Å². The van der Waals surface area contributed by atoms with Crippen LogP contribution in [-0.4, -0.2) is 28.3 Å². The van der Waals surface area contributed by atoms with Crippen LogP contribution in [-0.2, 0) is 6.42 Å². The molecule has 1 aromatic heterocycles. The van der Waals surface area contributed by atoms with Gasteiger partial charge < -0.3 is 15.2 Å². The maximum absolute atomic E-state index is 13.8. The number of nitrogens with one attached hydrogen (secondary N) is 2. The van der Waals surface area contributed by atoms with Crippen molar-refractivity contribution in [3.63, 3.8) is 0 Å². The Morgan fingerprint density at radius 2 is 1.61 bits per heavy atom. The topological polar surface area (TPSA) is 78.1 Å². The third-order valence-electron chi connectivity index (χ3n) is 6.49. The van der Waals surface area contributed by atoms with E-state index < -0.39 is 12.4 Å². The van der Waals surface area contributed by atoms with Crippen molar-refractivity contribution < 1.29 is 13.7 Å². The van der Waals surface area contributed by atoms with Gasteiger partial charge in [0.25, 0.3) is 11.8 Å². The zero-order chi connectivity index (χ0) is 28.6. The van der Waals surface area contributed by atoms with E-state index in [-0.39, 0.29) is 24.8 Å². The number of rotatable bonds is 4. The summed E-state index contributed by atoms with van der Waals surface area (Å²) in [6.07, 6.45) is -0.106. The number of aryl methyl sites for hydroxylation is 2. The highest BCUT2D eigenvalue weighted by atomic mass is 16.2. The van der Waals surface area contributed by atoms with E-state index in [1.165, 1.54) is 4.90 Å². The van der Waals surface area contributed by atoms with E-state index in [0.29, 0.717) is 39.7 Å². The number of benzene rings is 4. The number of nitrogens with zero attached hydrogens (tertiary/aromatic N) is 2. The maximum atomic E-state index is 13.8. The largest absolute Gasteiger partial charge is 0.346 e. The standard InChI is InChI=1S/C32H26N4O2/c1-21-33-28-19-20-36(29-14-8-7-13-27(29)30(28)34-21)32(38)23-15-17-24(18-16-23)35-31(37)26-12-6-5-11-25(26)22-9-3-2-4-10-22/h2-18H,19-20H2,1H3,(H,33,34)(H,35,37)/i1D,20D2. The van der Waals surface area contributed by atoms with Crippen LogP contribution in [0.5, 0.6) is 0 Å². The molecule has 5 aromatic rings. The maximum Gasteiger partial charge on any atom is 0.258 e. The van der Waals surface area contributed by atoms with Gasteiger partial charge in [-0.3, -0.25) is 9.59 Å². The Hall–Kier alpha value is -4.97. The monoisotopic (exact) mass is 501 g/mol. The van der Waals surface area contributed by atoms with Crippen LogP contribution in [0.1, 0.15) is 36.3 Å². The Labute approximate surface area is 225 Å². The molecule has 6 heteroatoms. The minimum absolute atomic E-state index is 0.0540. The fourth-order valence-corrected chi connectivity index (χ4v) is 4.68. The SMILES string of the molecule is [2H]Cc1nc2c([nH]1)CC([2H])([2H])N(C(=O)c1ccc(NC(=O)c3ccccc3-c3ccccc3)cc1)c1ccccc1-2. The second kappa shape index (κ2) is 9.82. The van der Waals surface area contributed by atoms with Gasteiger partial charge in [-0.05, 0) is 54.4 Å². The molecule has 0 atom stereocenters. The number of carbonyl (C=O) groups is 2. The van der Waals surface area contributed by atoms with Crippen molar-refractivity contribution in [1.29, 1.82) is 0 Å². The molecule has 6 nitrogen and oxygen atoms in total. The highest BCUT2D eigenvalue weighted by Gasteiger charge is 2.26. The average Bonchev–Trinajstić information content (AvgIpc) is 3.36. The number of para-hydroxylation sites is 1.